The molecule has 0 aliphatic heterocycles. The second-order valence-corrected chi connectivity index (χ2v) is 22.5. The van der Waals surface area contributed by atoms with Crippen LogP contribution in [0.3, 0.4) is 0 Å². The normalized spacial score (nSPS) is 22.0. The number of benzene rings is 3. The number of nitrogens with zero attached hydrogens (tertiary/aromatic N) is 3. The summed E-state index contributed by atoms with van der Waals surface area (Å²) in [6.45, 7) is 17.5. The lowest BCUT2D eigenvalue weighted by Gasteiger charge is -2.55. The van der Waals surface area contributed by atoms with E-state index < -0.39 is 8.24 Å². The molecule has 1 saturated carbocycles. The van der Waals surface area contributed by atoms with Gasteiger partial charge in [0, 0.05) is 21.9 Å². The summed E-state index contributed by atoms with van der Waals surface area (Å²) in [6.07, 6.45) is 15.9. The zero-order valence-corrected chi connectivity index (χ0v) is 33.2. The van der Waals surface area contributed by atoms with Crippen molar-refractivity contribution in [3.05, 3.63) is 95.6 Å². The molecule has 0 bridgehead atoms. The standard InChI is InChI=1S/C45H62N3Si/c1-11-13-27-45(28-14-12-2)39-30-33(46-41-21-17-15-19-35(41)36-20-16-18-22-42(36)46)24-25-34(39)38-29-32-23-26-43(37(32)31-40(38)45)49(9,10)47(44(3,4)5)48(6,7)8/h15-22,24-25,29-32,37,43H,11-14,23,26-28H2,1-10H3/q+1. The van der Waals surface area contributed by atoms with Crippen LogP contribution in [0.4, 0.5) is 0 Å². The van der Waals surface area contributed by atoms with Gasteiger partial charge in [0.2, 0.25) is 0 Å². The third-order valence-electron chi connectivity index (χ3n) is 12.6. The number of rotatable bonds is 10. The Balaban J connectivity index is 1.40. The lowest BCUT2D eigenvalue weighted by Crippen LogP contribution is -2.71. The Hall–Kier alpha value is -2.92. The molecule has 0 spiro atoms. The fourth-order valence-electron chi connectivity index (χ4n) is 11.5. The van der Waals surface area contributed by atoms with E-state index in [0.29, 0.717) is 11.8 Å². The predicted octanol–water partition coefficient (Wildman–Crippen LogP) is 12.1. The summed E-state index contributed by atoms with van der Waals surface area (Å²) in [7, 11) is 5.32. The topological polar surface area (TPSA) is 8.17 Å². The first-order valence-corrected chi connectivity index (χ1v) is 22.5. The highest BCUT2D eigenvalue weighted by Crippen LogP contribution is 2.62. The lowest BCUT2D eigenvalue weighted by molar-refractivity contribution is -0.978. The Morgan fingerprint density at radius 2 is 1.41 bits per heavy atom. The van der Waals surface area contributed by atoms with Crippen molar-refractivity contribution in [1.29, 1.82) is 0 Å². The Kier molecular flexibility index (Phi) is 8.73. The molecule has 3 atom stereocenters. The van der Waals surface area contributed by atoms with Gasteiger partial charge in [-0.05, 0) is 104 Å². The van der Waals surface area contributed by atoms with Crippen LogP contribution >= 0.6 is 0 Å². The Labute approximate surface area is 298 Å². The minimum absolute atomic E-state index is 0.0789. The summed E-state index contributed by atoms with van der Waals surface area (Å²) in [6, 6.07) is 25.5. The lowest BCUT2D eigenvalue weighted by atomic mass is 9.68. The van der Waals surface area contributed by atoms with Gasteiger partial charge in [0.05, 0.1) is 37.7 Å². The van der Waals surface area contributed by atoms with Gasteiger partial charge in [-0.3, -0.25) is 4.59 Å². The number of allylic oxidation sites excluding steroid dienone is 4. The summed E-state index contributed by atoms with van der Waals surface area (Å²) in [4.78, 5) is 0. The van der Waals surface area contributed by atoms with E-state index in [1.165, 1.54) is 84.4 Å². The Morgan fingerprint density at radius 3 is 1.96 bits per heavy atom. The van der Waals surface area contributed by atoms with Crippen LogP contribution in [0.1, 0.15) is 97.1 Å². The quantitative estimate of drug-likeness (QED) is 0.0925. The molecular weight excluding hydrogens is 611 g/mol. The van der Waals surface area contributed by atoms with Crippen LogP contribution in [0.5, 0.6) is 0 Å². The van der Waals surface area contributed by atoms with Gasteiger partial charge in [0.15, 0.2) is 8.24 Å². The molecule has 3 aliphatic carbocycles. The predicted molar refractivity (Wildman–Crippen MR) is 215 cm³/mol. The number of para-hydroxylation sites is 2. The van der Waals surface area contributed by atoms with Gasteiger partial charge in [-0.25, -0.2) is 0 Å². The molecule has 7 rings (SSSR count). The van der Waals surface area contributed by atoms with Crippen LogP contribution in [-0.4, -0.2) is 48.8 Å². The average Bonchev–Trinajstić information content (AvgIpc) is 3.69. The number of hydrogen-bond acceptors (Lipinski definition) is 1. The van der Waals surface area contributed by atoms with Gasteiger partial charge in [0.1, 0.15) is 0 Å². The van der Waals surface area contributed by atoms with Gasteiger partial charge in [-0.15, -0.1) is 0 Å². The molecule has 0 saturated heterocycles. The molecule has 3 aliphatic rings. The third kappa shape index (κ3) is 5.52. The zero-order chi connectivity index (χ0) is 34.9. The zero-order valence-electron chi connectivity index (χ0n) is 32.2. The number of aromatic nitrogens is 1. The van der Waals surface area contributed by atoms with Crippen LogP contribution in [0, 0.1) is 11.8 Å². The molecule has 1 fully saturated rings. The molecule has 0 amide bonds. The molecule has 1 heterocycles. The highest BCUT2D eigenvalue weighted by Gasteiger charge is 2.56. The van der Waals surface area contributed by atoms with E-state index in [-0.39, 0.29) is 11.0 Å². The van der Waals surface area contributed by atoms with Crippen LogP contribution < -0.4 is 0 Å². The fourth-order valence-corrected chi connectivity index (χ4v) is 17.3. The third-order valence-corrected chi connectivity index (χ3v) is 17.4. The van der Waals surface area contributed by atoms with E-state index >= 15 is 0 Å². The summed E-state index contributed by atoms with van der Waals surface area (Å²) < 4.78 is 6.36. The van der Waals surface area contributed by atoms with E-state index in [2.05, 4.69) is 157 Å². The fraction of sp³-hybridized carbons (Fsp3) is 0.511. The van der Waals surface area contributed by atoms with Crippen molar-refractivity contribution in [2.75, 3.05) is 21.1 Å². The maximum atomic E-state index is 2.92. The van der Waals surface area contributed by atoms with Crippen molar-refractivity contribution in [2.24, 2.45) is 11.8 Å². The summed E-state index contributed by atoms with van der Waals surface area (Å²) in [5.41, 5.74) is 11.2. The van der Waals surface area contributed by atoms with Crippen LogP contribution in [0.2, 0.25) is 18.6 Å². The number of quaternary nitrogens is 1. The minimum Gasteiger partial charge on any atom is -0.309 e. The van der Waals surface area contributed by atoms with E-state index in [1.54, 1.807) is 16.7 Å². The van der Waals surface area contributed by atoms with Crippen LogP contribution in [0.25, 0.3) is 33.1 Å². The molecule has 1 aromatic heterocycles. The monoisotopic (exact) mass is 672 g/mol. The van der Waals surface area contributed by atoms with Crippen molar-refractivity contribution < 1.29 is 4.59 Å². The number of unbranched alkanes of at least 4 members (excludes halogenated alkanes) is 2. The molecule has 0 radical (unpaired) electrons. The van der Waals surface area contributed by atoms with E-state index in [9.17, 15) is 0 Å². The smallest absolute Gasteiger partial charge is 0.191 e. The van der Waals surface area contributed by atoms with Crippen LogP contribution in [0.15, 0.2) is 84.5 Å². The minimum atomic E-state index is -1.87. The first-order chi connectivity index (χ1) is 23.2. The molecule has 49 heavy (non-hydrogen) atoms. The van der Waals surface area contributed by atoms with Gasteiger partial charge in [-0.2, -0.15) is 4.67 Å². The van der Waals surface area contributed by atoms with Gasteiger partial charge < -0.3 is 4.57 Å². The molecule has 4 heteroatoms. The van der Waals surface area contributed by atoms with Gasteiger partial charge >= 0.3 is 0 Å². The maximum Gasteiger partial charge on any atom is 0.191 e. The van der Waals surface area contributed by atoms with Crippen molar-refractivity contribution in [3.63, 3.8) is 0 Å². The van der Waals surface area contributed by atoms with E-state index in [1.807, 2.05) is 0 Å². The molecule has 260 valence electrons. The van der Waals surface area contributed by atoms with E-state index in [0.717, 1.165) is 10.1 Å². The van der Waals surface area contributed by atoms with Crippen molar-refractivity contribution in [3.8, 4) is 5.69 Å². The largest absolute Gasteiger partial charge is 0.309 e. The molecule has 3 nitrogen and oxygen atoms in total. The van der Waals surface area contributed by atoms with Crippen molar-refractivity contribution >= 4 is 35.6 Å². The Morgan fingerprint density at radius 1 is 0.816 bits per heavy atom. The molecule has 0 N–H and O–H groups in total. The highest BCUT2D eigenvalue weighted by molar-refractivity contribution is 6.76. The number of hydrogen-bond donors (Lipinski definition) is 0. The van der Waals surface area contributed by atoms with E-state index in [4.69, 9.17) is 0 Å². The molecule has 3 unspecified atom stereocenters. The van der Waals surface area contributed by atoms with Gasteiger partial charge in [-0.1, -0.05) is 114 Å². The molecular formula is C45H62N3Si+. The first-order valence-electron chi connectivity index (χ1n) is 19.4. The molecule has 3 aromatic carbocycles. The highest BCUT2D eigenvalue weighted by atomic mass is 28.3. The number of fused-ring (bicyclic) bond motifs is 7. The first kappa shape index (κ1) is 34.5. The molecule has 4 aromatic rings. The average molecular weight is 673 g/mol. The summed E-state index contributed by atoms with van der Waals surface area (Å²) >= 11 is 0. The van der Waals surface area contributed by atoms with Gasteiger partial charge in [0.25, 0.3) is 0 Å². The second-order valence-electron chi connectivity index (χ2n) is 18.1. The SMILES string of the molecule is CCCCC1(CCCC)C2=CC3C(C=C2c2ccc(-n4c5ccccc5c5ccccc54)cc21)CCC3[Si](C)(C)N(C(C)(C)C)[N+](C)(C)C. The Bertz CT molecular complexity index is 1850. The van der Waals surface area contributed by atoms with Crippen LogP contribution in [-0.2, 0) is 5.41 Å². The maximum absolute atomic E-state index is 2.92. The second kappa shape index (κ2) is 12.4. The van der Waals surface area contributed by atoms with Crippen molar-refractivity contribution in [1.82, 2.24) is 9.24 Å². The summed E-state index contributed by atoms with van der Waals surface area (Å²) in [5, 5.41) is 2.68. The van der Waals surface area contributed by atoms with Crippen molar-refractivity contribution in [2.45, 2.75) is 116 Å². The summed E-state index contributed by atoms with van der Waals surface area (Å²) in [5.74, 6) is 1.27.